The highest BCUT2D eigenvalue weighted by molar-refractivity contribution is 6.19. The summed E-state index contributed by atoms with van der Waals surface area (Å²) in [4.78, 5) is 9.50. The number of aromatic nitrogens is 5. The van der Waals surface area contributed by atoms with Crippen molar-refractivity contribution in [2.45, 2.75) is 0 Å². The van der Waals surface area contributed by atoms with Crippen molar-refractivity contribution in [3.05, 3.63) is 140 Å². The molecule has 5 nitrogen and oxygen atoms in total. The van der Waals surface area contributed by atoms with Crippen LogP contribution in [0.1, 0.15) is 0 Å². The molecule has 0 aliphatic rings. The molecule has 41 heavy (non-hydrogen) atoms. The first-order valence-corrected chi connectivity index (χ1v) is 13.8. The summed E-state index contributed by atoms with van der Waals surface area (Å²) in [7, 11) is 0. The smallest absolute Gasteiger partial charge is 0.144 e. The number of hydrogen-bond donors (Lipinski definition) is 0. The zero-order valence-electron chi connectivity index (χ0n) is 22.0. The molecule has 0 N–H and O–H groups in total. The second-order valence-corrected chi connectivity index (χ2v) is 10.4. The van der Waals surface area contributed by atoms with Gasteiger partial charge in [-0.1, -0.05) is 60.7 Å². The van der Waals surface area contributed by atoms with E-state index < -0.39 is 0 Å². The Kier molecular flexibility index (Phi) is 4.55. The van der Waals surface area contributed by atoms with Gasteiger partial charge in [0.05, 0.1) is 33.8 Å². The van der Waals surface area contributed by atoms with Crippen molar-refractivity contribution >= 4 is 49.1 Å². The summed E-state index contributed by atoms with van der Waals surface area (Å²) < 4.78 is 6.79. The molecule has 0 bridgehead atoms. The Morgan fingerprint density at radius 1 is 0.488 bits per heavy atom. The van der Waals surface area contributed by atoms with Crippen LogP contribution in [0.25, 0.3) is 72.0 Å². The van der Waals surface area contributed by atoms with Crippen LogP contribution in [0.4, 0.5) is 0 Å². The summed E-state index contributed by atoms with van der Waals surface area (Å²) in [5, 5.41) is 4.91. The molecule has 0 atom stereocenters. The number of imidazole rings is 1. The van der Waals surface area contributed by atoms with E-state index in [2.05, 4.69) is 117 Å². The van der Waals surface area contributed by atoms with Crippen molar-refractivity contribution in [2.24, 2.45) is 0 Å². The Labute approximate surface area is 235 Å². The summed E-state index contributed by atoms with van der Waals surface area (Å²) in [6, 6.07) is 42.9. The Morgan fingerprint density at radius 2 is 1.22 bits per heavy atom. The molecular weight excluding hydrogens is 502 g/mol. The molecule has 5 heterocycles. The van der Waals surface area contributed by atoms with Crippen LogP contribution in [0, 0.1) is 0 Å². The van der Waals surface area contributed by atoms with E-state index in [4.69, 9.17) is 9.97 Å². The third kappa shape index (κ3) is 3.17. The van der Waals surface area contributed by atoms with Gasteiger partial charge in [-0.25, -0.2) is 9.97 Å². The quantitative estimate of drug-likeness (QED) is 0.232. The van der Waals surface area contributed by atoms with Crippen LogP contribution in [0.15, 0.2) is 140 Å². The molecular formula is C36H23N5. The van der Waals surface area contributed by atoms with Gasteiger partial charge < -0.3 is 4.57 Å². The molecule has 0 amide bonds. The minimum Gasteiger partial charge on any atom is -0.309 e. The van der Waals surface area contributed by atoms with Crippen molar-refractivity contribution < 1.29 is 0 Å². The van der Waals surface area contributed by atoms with Crippen molar-refractivity contribution in [3.8, 4) is 22.9 Å². The van der Waals surface area contributed by atoms with E-state index in [-0.39, 0.29) is 0 Å². The summed E-state index contributed by atoms with van der Waals surface area (Å²) >= 11 is 0. The SMILES string of the molecule is c1ccc(-n2c3ccccc3c3cc4c5ccccc5n(-c5cccc(-c6ncc7ccccn67)c5)c4cc32)nc1. The highest BCUT2D eigenvalue weighted by atomic mass is 15.1. The number of para-hydroxylation sites is 2. The van der Waals surface area contributed by atoms with Crippen molar-refractivity contribution in [3.63, 3.8) is 0 Å². The van der Waals surface area contributed by atoms with E-state index in [1.54, 1.807) is 0 Å². The Hall–Kier alpha value is -5.68. The Balaban J connectivity index is 1.38. The van der Waals surface area contributed by atoms with Gasteiger partial charge in [0.1, 0.15) is 11.6 Å². The van der Waals surface area contributed by atoms with Gasteiger partial charge in [0.2, 0.25) is 0 Å². The summed E-state index contributed by atoms with van der Waals surface area (Å²) in [6.45, 7) is 0. The lowest BCUT2D eigenvalue weighted by Gasteiger charge is -2.11. The highest BCUT2D eigenvalue weighted by Gasteiger charge is 2.19. The van der Waals surface area contributed by atoms with Gasteiger partial charge in [0.25, 0.3) is 0 Å². The molecule has 9 rings (SSSR count). The molecule has 5 aromatic heterocycles. The van der Waals surface area contributed by atoms with Crippen LogP contribution >= 0.6 is 0 Å². The third-order valence-electron chi connectivity index (χ3n) is 8.15. The number of fused-ring (bicyclic) bond motifs is 7. The minimum atomic E-state index is 0.911. The predicted molar refractivity (Wildman–Crippen MR) is 167 cm³/mol. The van der Waals surface area contributed by atoms with Gasteiger partial charge in [-0.2, -0.15) is 0 Å². The third-order valence-corrected chi connectivity index (χ3v) is 8.15. The summed E-state index contributed by atoms with van der Waals surface area (Å²) in [5.41, 5.74) is 7.87. The molecule has 0 saturated heterocycles. The standard InChI is InChI=1S/C36H23N5/c1-3-15-31-27(13-1)29-21-30-28-14-2-4-16-32(28)41(35-17-5-7-18-37-35)34(30)22-33(29)40(31)25-12-9-10-24(20-25)36-38-23-26-11-6-8-19-39(26)36/h1-23H. The molecule has 192 valence electrons. The van der Waals surface area contributed by atoms with Gasteiger partial charge >= 0.3 is 0 Å². The van der Waals surface area contributed by atoms with Gasteiger partial charge in [0, 0.05) is 45.2 Å². The molecule has 5 heteroatoms. The number of nitrogens with zero attached hydrogens (tertiary/aromatic N) is 5. The molecule has 0 radical (unpaired) electrons. The van der Waals surface area contributed by atoms with E-state index in [0.29, 0.717) is 0 Å². The monoisotopic (exact) mass is 525 g/mol. The lowest BCUT2D eigenvalue weighted by molar-refractivity contribution is 1.08. The Morgan fingerprint density at radius 3 is 2.02 bits per heavy atom. The second kappa shape index (κ2) is 8.41. The number of rotatable bonds is 3. The topological polar surface area (TPSA) is 40.0 Å². The van der Waals surface area contributed by atoms with E-state index >= 15 is 0 Å². The van der Waals surface area contributed by atoms with Crippen LogP contribution in [0.5, 0.6) is 0 Å². The lowest BCUT2D eigenvalue weighted by atomic mass is 10.1. The Bertz CT molecular complexity index is 2420. The van der Waals surface area contributed by atoms with Crippen LogP contribution in [-0.4, -0.2) is 23.5 Å². The maximum atomic E-state index is 4.77. The first kappa shape index (κ1) is 22.2. The average molecular weight is 526 g/mol. The van der Waals surface area contributed by atoms with Crippen LogP contribution in [-0.2, 0) is 0 Å². The zero-order valence-corrected chi connectivity index (χ0v) is 22.0. The summed E-state index contributed by atoms with van der Waals surface area (Å²) in [5.74, 6) is 1.84. The predicted octanol–water partition coefficient (Wildman–Crippen LogP) is 8.59. The first-order valence-electron chi connectivity index (χ1n) is 13.8. The van der Waals surface area contributed by atoms with Gasteiger partial charge in [-0.05, 0) is 60.7 Å². The zero-order chi connectivity index (χ0) is 26.9. The molecule has 4 aromatic carbocycles. The summed E-state index contributed by atoms with van der Waals surface area (Å²) in [6.07, 6.45) is 5.85. The fourth-order valence-corrected chi connectivity index (χ4v) is 6.38. The normalized spacial score (nSPS) is 11.9. The number of hydrogen-bond acceptors (Lipinski definition) is 2. The second-order valence-electron chi connectivity index (χ2n) is 10.4. The van der Waals surface area contributed by atoms with Crippen LogP contribution in [0.2, 0.25) is 0 Å². The van der Waals surface area contributed by atoms with E-state index in [1.807, 2.05) is 36.7 Å². The lowest BCUT2D eigenvalue weighted by Crippen LogP contribution is -1.98. The molecule has 0 spiro atoms. The highest BCUT2D eigenvalue weighted by Crippen LogP contribution is 2.39. The van der Waals surface area contributed by atoms with E-state index in [0.717, 1.165) is 45.0 Å². The molecule has 0 fully saturated rings. The van der Waals surface area contributed by atoms with Crippen molar-refractivity contribution in [1.82, 2.24) is 23.5 Å². The maximum absolute atomic E-state index is 4.77. The van der Waals surface area contributed by atoms with Gasteiger partial charge in [-0.3, -0.25) is 8.97 Å². The fraction of sp³-hybridized carbons (Fsp3) is 0. The van der Waals surface area contributed by atoms with Crippen molar-refractivity contribution in [1.29, 1.82) is 0 Å². The van der Waals surface area contributed by atoms with Gasteiger partial charge in [0.15, 0.2) is 0 Å². The van der Waals surface area contributed by atoms with Crippen molar-refractivity contribution in [2.75, 3.05) is 0 Å². The number of pyridine rings is 2. The minimum absolute atomic E-state index is 0.911. The van der Waals surface area contributed by atoms with E-state index in [1.165, 1.54) is 27.1 Å². The van der Waals surface area contributed by atoms with Crippen LogP contribution < -0.4 is 0 Å². The molecule has 0 saturated carbocycles. The van der Waals surface area contributed by atoms with Gasteiger partial charge in [-0.15, -0.1) is 0 Å². The fourth-order valence-electron chi connectivity index (χ4n) is 6.38. The first-order chi connectivity index (χ1) is 20.3. The average Bonchev–Trinajstić information content (AvgIpc) is 3.70. The number of benzene rings is 4. The molecule has 0 unspecified atom stereocenters. The molecule has 9 aromatic rings. The van der Waals surface area contributed by atoms with Crippen LogP contribution in [0.3, 0.4) is 0 Å². The molecule has 0 aliphatic heterocycles. The molecule has 0 aliphatic carbocycles. The largest absolute Gasteiger partial charge is 0.309 e. The maximum Gasteiger partial charge on any atom is 0.144 e. The van der Waals surface area contributed by atoms with E-state index in [9.17, 15) is 0 Å².